The molecule has 4 aromatic rings. The molecule has 0 aliphatic carbocycles. The number of para-hydroxylation sites is 1. The molecular formula is C24H18Cl2N2O. The van der Waals surface area contributed by atoms with Gasteiger partial charge in [-0.3, -0.25) is 4.79 Å². The lowest BCUT2D eigenvalue weighted by Gasteiger charge is -2.16. The second kappa shape index (κ2) is 8.24. The van der Waals surface area contributed by atoms with Gasteiger partial charge in [-0.25, -0.2) is 4.98 Å². The van der Waals surface area contributed by atoms with Gasteiger partial charge < -0.3 is 5.32 Å². The first kappa shape index (κ1) is 19.4. The Morgan fingerprint density at radius 3 is 2.21 bits per heavy atom. The number of nitrogens with one attached hydrogen (secondary N) is 1. The first-order valence-electron chi connectivity index (χ1n) is 9.23. The molecule has 1 heterocycles. The zero-order valence-electron chi connectivity index (χ0n) is 15.7. The molecule has 1 aromatic heterocycles. The summed E-state index contributed by atoms with van der Waals surface area (Å²) in [5, 5.41) is 5.22. The minimum absolute atomic E-state index is 0.152. The van der Waals surface area contributed by atoms with Gasteiger partial charge in [0.15, 0.2) is 0 Å². The third-order valence-electron chi connectivity index (χ3n) is 4.82. The van der Waals surface area contributed by atoms with Crippen molar-refractivity contribution in [2.45, 2.75) is 13.0 Å². The fraction of sp³-hybridized carbons (Fsp3) is 0.0833. The third kappa shape index (κ3) is 4.26. The summed E-state index contributed by atoms with van der Waals surface area (Å²) in [5.41, 5.74) is 3.97. The van der Waals surface area contributed by atoms with Gasteiger partial charge in [-0.15, -0.1) is 0 Å². The van der Waals surface area contributed by atoms with Crippen LogP contribution >= 0.6 is 23.2 Å². The van der Waals surface area contributed by atoms with Gasteiger partial charge in [0.2, 0.25) is 0 Å². The summed E-state index contributed by atoms with van der Waals surface area (Å²) < 4.78 is 0. The van der Waals surface area contributed by atoms with Crippen LogP contribution in [0.3, 0.4) is 0 Å². The van der Waals surface area contributed by atoms with Gasteiger partial charge in [0.25, 0.3) is 5.91 Å². The molecule has 0 aliphatic heterocycles. The normalized spacial score (nSPS) is 12.0. The number of halogens is 2. The maximum absolute atomic E-state index is 13.2. The molecule has 1 atom stereocenters. The molecule has 0 unspecified atom stereocenters. The molecule has 3 nitrogen and oxygen atoms in total. The average molecular weight is 421 g/mol. The Bertz CT molecular complexity index is 1170. The molecule has 1 N–H and O–H groups in total. The van der Waals surface area contributed by atoms with Crippen LogP contribution in [0, 0.1) is 0 Å². The Labute approximate surface area is 179 Å². The number of hydrogen-bond acceptors (Lipinski definition) is 2. The molecule has 0 aliphatic rings. The number of nitrogens with zero attached hydrogens (tertiary/aromatic N) is 1. The first-order chi connectivity index (χ1) is 14.0. The van der Waals surface area contributed by atoms with Gasteiger partial charge >= 0.3 is 0 Å². The molecule has 0 saturated carbocycles. The van der Waals surface area contributed by atoms with Crippen molar-refractivity contribution in [2.75, 3.05) is 0 Å². The number of carbonyl (C=O) groups excluding carboxylic acids is 1. The number of aromatic nitrogens is 1. The standard InChI is InChI=1S/C24H18Cl2N2O/c1-15(16-6-10-18(25)11-7-16)27-24(29)21-14-23(17-8-12-19(26)13-9-17)28-22-5-3-2-4-20(21)22/h2-15H,1H3,(H,27,29)/t15-/m1/s1. The summed E-state index contributed by atoms with van der Waals surface area (Å²) in [6.07, 6.45) is 0. The Balaban J connectivity index is 1.72. The minimum Gasteiger partial charge on any atom is -0.345 e. The van der Waals surface area contributed by atoms with Gasteiger partial charge in [-0.05, 0) is 48.9 Å². The van der Waals surface area contributed by atoms with Crippen LogP contribution in [-0.2, 0) is 0 Å². The van der Waals surface area contributed by atoms with E-state index in [0.29, 0.717) is 15.6 Å². The van der Waals surface area contributed by atoms with Crippen molar-refractivity contribution in [3.8, 4) is 11.3 Å². The van der Waals surface area contributed by atoms with Gasteiger partial charge in [0.05, 0.1) is 22.8 Å². The second-order valence-corrected chi connectivity index (χ2v) is 7.70. The van der Waals surface area contributed by atoms with Crippen molar-refractivity contribution in [1.29, 1.82) is 0 Å². The minimum atomic E-state index is -0.161. The molecule has 0 fully saturated rings. The number of pyridine rings is 1. The first-order valence-corrected chi connectivity index (χ1v) is 9.99. The summed E-state index contributed by atoms with van der Waals surface area (Å²) >= 11 is 12.0. The predicted octanol–water partition coefficient (Wildman–Crippen LogP) is 6.70. The van der Waals surface area contributed by atoms with Crippen LogP contribution in [-0.4, -0.2) is 10.9 Å². The van der Waals surface area contributed by atoms with Crippen LogP contribution in [0.5, 0.6) is 0 Å². The number of carbonyl (C=O) groups is 1. The van der Waals surface area contributed by atoms with Crippen LogP contribution in [0.4, 0.5) is 0 Å². The zero-order valence-corrected chi connectivity index (χ0v) is 17.2. The maximum Gasteiger partial charge on any atom is 0.252 e. The average Bonchev–Trinajstić information content (AvgIpc) is 2.74. The number of hydrogen-bond donors (Lipinski definition) is 1. The highest BCUT2D eigenvalue weighted by Crippen LogP contribution is 2.26. The van der Waals surface area contributed by atoms with E-state index in [4.69, 9.17) is 28.2 Å². The molecule has 0 bridgehead atoms. The van der Waals surface area contributed by atoms with E-state index in [9.17, 15) is 4.79 Å². The molecule has 1 amide bonds. The summed E-state index contributed by atoms with van der Waals surface area (Å²) in [4.78, 5) is 17.9. The molecule has 4 rings (SSSR count). The van der Waals surface area contributed by atoms with Gasteiger partial charge in [0.1, 0.15) is 0 Å². The Kier molecular flexibility index (Phi) is 5.52. The van der Waals surface area contributed by atoms with Crippen LogP contribution in [0.2, 0.25) is 10.0 Å². The fourth-order valence-corrected chi connectivity index (χ4v) is 3.49. The predicted molar refractivity (Wildman–Crippen MR) is 120 cm³/mol. The van der Waals surface area contributed by atoms with Gasteiger partial charge in [-0.1, -0.05) is 65.7 Å². The van der Waals surface area contributed by atoms with E-state index in [1.807, 2.05) is 85.8 Å². The quantitative estimate of drug-likeness (QED) is 0.398. The fourth-order valence-electron chi connectivity index (χ4n) is 3.24. The van der Waals surface area contributed by atoms with Crippen molar-refractivity contribution in [3.05, 3.63) is 100 Å². The largest absolute Gasteiger partial charge is 0.345 e. The molecular weight excluding hydrogens is 403 g/mol. The highest BCUT2D eigenvalue weighted by molar-refractivity contribution is 6.30. The number of fused-ring (bicyclic) bond motifs is 1. The lowest BCUT2D eigenvalue weighted by molar-refractivity contribution is 0.0941. The Morgan fingerprint density at radius 2 is 1.52 bits per heavy atom. The van der Waals surface area contributed by atoms with Crippen LogP contribution in [0.25, 0.3) is 22.2 Å². The summed E-state index contributed by atoms with van der Waals surface area (Å²) in [5.74, 6) is -0.152. The lowest BCUT2D eigenvalue weighted by atomic mass is 10.0. The highest BCUT2D eigenvalue weighted by atomic mass is 35.5. The molecule has 29 heavy (non-hydrogen) atoms. The summed E-state index contributed by atoms with van der Waals surface area (Å²) in [6.45, 7) is 1.95. The summed E-state index contributed by atoms with van der Waals surface area (Å²) in [6, 6.07) is 24.2. The molecule has 144 valence electrons. The summed E-state index contributed by atoms with van der Waals surface area (Å²) in [7, 11) is 0. The molecule has 0 saturated heterocycles. The monoisotopic (exact) mass is 420 g/mol. The van der Waals surface area contributed by atoms with E-state index in [1.165, 1.54) is 0 Å². The smallest absolute Gasteiger partial charge is 0.252 e. The van der Waals surface area contributed by atoms with E-state index in [2.05, 4.69) is 5.32 Å². The maximum atomic E-state index is 13.2. The van der Waals surface area contributed by atoms with Crippen molar-refractivity contribution in [3.63, 3.8) is 0 Å². The third-order valence-corrected chi connectivity index (χ3v) is 5.32. The SMILES string of the molecule is C[C@@H](NC(=O)c1cc(-c2ccc(Cl)cc2)nc2ccccc12)c1ccc(Cl)cc1. The van der Waals surface area contributed by atoms with Crippen LogP contribution < -0.4 is 5.32 Å². The van der Waals surface area contributed by atoms with Crippen molar-refractivity contribution >= 4 is 40.0 Å². The molecule has 3 aromatic carbocycles. The molecule has 0 radical (unpaired) electrons. The van der Waals surface area contributed by atoms with Crippen LogP contribution in [0.1, 0.15) is 28.9 Å². The zero-order chi connectivity index (χ0) is 20.4. The van der Waals surface area contributed by atoms with Crippen molar-refractivity contribution in [2.24, 2.45) is 0 Å². The van der Waals surface area contributed by atoms with E-state index in [-0.39, 0.29) is 11.9 Å². The van der Waals surface area contributed by atoms with E-state index in [1.54, 1.807) is 0 Å². The topological polar surface area (TPSA) is 42.0 Å². The number of rotatable bonds is 4. The van der Waals surface area contributed by atoms with Gasteiger partial charge in [0, 0.05) is 21.0 Å². The van der Waals surface area contributed by atoms with Crippen molar-refractivity contribution < 1.29 is 4.79 Å². The van der Waals surface area contributed by atoms with E-state index >= 15 is 0 Å². The Hall–Kier alpha value is -2.88. The highest BCUT2D eigenvalue weighted by Gasteiger charge is 2.16. The molecule has 0 spiro atoms. The molecule has 5 heteroatoms. The number of benzene rings is 3. The second-order valence-electron chi connectivity index (χ2n) is 6.83. The van der Waals surface area contributed by atoms with Gasteiger partial charge in [-0.2, -0.15) is 0 Å². The van der Waals surface area contributed by atoms with Crippen molar-refractivity contribution in [1.82, 2.24) is 10.3 Å². The van der Waals surface area contributed by atoms with E-state index < -0.39 is 0 Å². The lowest BCUT2D eigenvalue weighted by Crippen LogP contribution is -2.27. The number of amides is 1. The Morgan fingerprint density at radius 1 is 0.897 bits per heavy atom. The van der Waals surface area contributed by atoms with Crippen LogP contribution in [0.15, 0.2) is 78.9 Å². The van der Waals surface area contributed by atoms with E-state index in [0.717, 1.165) is 27.7 Å².